The van der Waals surface area contributed by atoms with Crippen molar-refractivity contribution in [3.8, 4) is 11.3 Å². The van der Waals surface area contributed by atoms with E-state index in [2.05, 4.69) is 10.3 Å². The first-order chi connectivity index (χ1) is 14.9. The summed E-state index contributed by atoms with van der Waals surface area (Å²) in [4.78, 5) is 16.2. The predicted molar refractivity (Wildman–Crippen MR) is 111 cm³/mol. The Labute approximate surface area is 180 Å². The molecule has 1 atom stereocenters. The Kier molecular flexibility index (Phi) is 4.70. The van der Waals surface area contributed by atoms with Gasteiger partial charge in [-0.1, -0.05) is 5.16 Å². The van der Waals surface area contributed by atoms with Crippen molar-refractivity contribution < 1.29 is 18.1 Å². The summed E-state index contributed by atoms with van der Waals surface area (Å²) in [7, 11) is 1.89. The highest BCUT2D eigenvalue weighted by Gasteiger charge is 2.33. The molecule has 1 aromatic carbocycles. The van der Waals surface area contributed by atoms with E-state index in [1.165, 1.54) is 17.0 Å². The minimum Gasteiger partial charge on any atom is -0.355 e. The molecule has 0 aliphatic carbocycles. The summed E-state index contributed by atoms with van der Waals surface area (Å²) in [5.74, 6) is -1.67. The van der Waals surface area contributed by atoms with Gasteiger partial charge in [0.25, 0.3) is 5.91 Å². The highest BCUT2D eigenvalue weighted by molar-refractivity contribution is 7.10. The van der Waals surface area contributed by atoms with Crippen LogP contribution in [-0.2, 0) is 13.6 Å². The lowest BCUT2D eigenvalue weighted by Gasteiger charge is -2.32. The normalized spacial score (nSPS) is 15.9. The number of aromatic nitrogens is 3. The highest BCUT2D eigenvalue weighted by atomic mass is 32.1. The van der Waals surface area contributed by atoms with E-state index in [1.54, 1.807) is 16.2 Å². The number of benzene rings is 1. The number of hydrogen-bond acceptors (Lipinski definition) is 5. The molecule has 0 saturated heterocycles. The summed E-state index contributed by atoms with van der Waals surface area (Å²) in [6.07, 6.45) is 1.85. The first-order valence-corrected chi connectivity index (χ1v) is 10.6. The van der Waals surface area contributed by atoms with Gasteiger partial charge in [0.1, 0.15) is 11.6 Å². The number of carbonyl (C=O) groups excluding carboxylic acids is 1. The summed E-state index contributed by atoms with van der Waals surface area (Å²) in [6.45, 7) is 2.95. The van der Waals surface area contributed by atoms with E-state index in [4.69, 9.17) is 4.52 Å². The van der Waals surface area contributed by atoms with Gasteiger partial charge in [0, 0.05) is 54.3 Å². The van der Waals surface area contributed by atoms with Crippen molar-refractivity contribution in [3.63, 3.8) is 0 Å². The smallest absolute Gasteiger partial charge is 0.276 e. The Bertz CT molecular complexity index is 1290. The molecular formula is C22H18F2N4O2S. The van der Waals surface area contributed by atoms with E-state index in [0.717, 1.165) is 29.0 Å². The SMILES string of the molecule is Cc1c(C2CN(C(=O)c3cc(-c4ccc(F)cc4F)on3)Cc3ccsc32)cnn1C. The van der Waals surface area contributed by atoms with Gasteiger partial charge in [-0.05, 0) is 36.1 Å². The minimum absolute atomic E-state index is 0.0160. The van der Waals surface area contributed by atoms with Crippen molar-refractivity contribution in [2.45, 2.75) is 19.4 Å². The zero-order valence-corrected chi connectivity index (χ0v) is 17.6. The van der Waals surface area contributed by atoms with Crippen LogP contribution in [-0.4, -0.2) is 32.3 Å². The van der Waals surface area contributed by atoms with Crippen LogP contribution in [0.25, 0.3) is 11.3 Å². The van der Waals surface area contributed by atoms with Gasteiger partial charge in [0.15, 0.2) is 11.5 Å². The molecule has 0 radical (unpaired) electrons. The number of thiophene rings is 1. The van der Waals surface area contributed by atoms with Crippen LogP contribution in [0.5, 0.6) is 0 Å². The highest BCUT2D eigenvalue weighted by Crippen LogP contribution is 2.38. The average molecular weight is 440 g/mol. The summed E-state index contributed by atoms with van der Waals surface area (Å²) in [6, 6.07) is 6.58. The maximum absolute atomic E-state index is 14.1. The number of hydrogen-bond donors (Lipinski definition) is 0. The Morgan fingerprint density at radius 2 is 2.10 bits per heavy atom. The predicted octanol–water partition coefficient (Wildman–Crippen LogP) is 4.51. The Balaban J connectivity index is 1.45. The fourth-order valence-corrected chi connectivity index (χ4v) is 4.99. The second kappa shape index (κ2) is 7.42. The van der Waals surface area contributed by atoms with Crippen LogP contribution < -0.4 is 0 Å². The molecule has 0 bridgehead atoms. The number of aryl methyl sites for hydroxylation is 1. The molecule has 6 nitrogen and oxygen atoms in total. The number of halogens is 2. The number of amides is 1. The number of nitrogens with zero attached hydrogens (tertiary/aromatic N) is 4. The molecule has 1 unspecified atom stereocenters. The lowest BCUT2D eigenvalue weighted by Crippen LogP contribution is -2.38. The van der Waals surface area contributed by atoms with Crippen LogP contribution in [0.15, 0.2) is 46.4 Å². The Morgan fingerprint density at radius 3 is 2.84 bits per heavy atom. The standard InChI is InChI=1S/C22H18F2N4O2S/c1-12-16(9-25-27(12)2)17-11-28(10-13-5-6-31-21(13)17)22(29)19-8-20(30-26-19)15-4-3-14(23)7-18(15)24/h3-9,17H,10-11H2,1-2H3. The number of rotatable bonds is 3. The first-order valence-electron chi connectivity index (χ1n) is 9.68. The lowest BCUT2D eigenvalue weighted by atomic mass is 9.91. The fourth-order valence-electron chi connectivity index (χ4n) is 3.96. The van der Waals surface area contributed by atoms with Gasteiger partial charge in [0.2, 0.25) is 0 Å². The van der Waals surface area contributed by atoms with Crippen molar-refractivity contribution >= 4 is 17.2 Å². The zero-order valence-electron chi connectivity index (χ0n) is 16.8. The second-order valence-electron chi connectivity index (χ2n) is 7.56. The van der Waals surface area contributed by atoms with Crippen LogP contribution in [0.4, 0.5) is 8.78 Å². The van der Waals surface area contributed by atoms with Gasteiger partial charge in [0.05, 0.1) is 11.8 Å². The van der Waals surface area contributed by atoms with Crippen LogP contribution in [0.2, 0.25) is 0 Å². The van der Waals surface area contributed by atoms with Gasteiger partial charge in [-0.25, -0.2) is 8.78 Å². The molecule has 1 aliphatic heterocycles. The molecule has 0 spiro atoms. The van der Waals surface area contributed by atoms with Crippen molar-refractivity contribution in [3.05, 3.63) is 80.9 Å². The Morgan fingerprint density at radius 1 is 1.26 bits per heavy atom. The third-order valence-corrected chi connectivity index (χ3v) is 6.80. The Hall–Kier alpha value is -3.33. The van der Waals surface area contributed by atoms with Gasteiger partial charge >= 0.3 is 0 Å². The molecule has 4 heterocycles. The molecular weight excluding hydrogens is 422 g/mol. The zero-order chi connectivity index (χ0) is 21.7. The van der Waals surface area contributed by atoms with E-state index in [0.29, 0.717) is 13.1 Å². The molecule has 0 N–H and O–H groups in total. The van der Waals surface area contributed by atoms with E-state index < -0.39 is 11.6 Å². The van der Waals surface area contributed by atoms with Crippen LogP contribution in [0.3, 0.4) is 0 Å². The second-order valence-corrected chi connectivity index (χ2v) is 8.51. The van der Waals surface area contributed by atoms with E-state index in [1.807, 2.05) is 36.3 Å². The third kappa shape index (κ3) is 3.34. The van der Waals surface area contributed by atoms with Crippen molar-refractivity contribution in [2.24, 2.45) is 7.05 Å². The molecule has 0 fully saturated rings. The van der Waals surface area contributed by atoms with Gasteiger partial charge < -0.3 is 9.42 Å². The maximum atomic E-state index is 14.1. The average Bonchev–Trinajstić information content (AvgIpc) is 3.48. The topological polar surface area (TPSA) is 64.2 Å². The number of fused-ring (bicyclic) bond motifs is 1. The van der Waals surface area contributed by atoms with Crippen molar-refractivity contribution in [1.29, 1.82) is 0 Å². The lowest BCUT2D eigenvalue weighted by molar-refractivity contribution is 0.0716. The minimum atomic E-state index is -0.775. The summed E-state index contributed by atoms with van der Waals surface area (Å²) in [5, 5.41) is 10.2. The first kappa shape index (κ1) is 19.6. The fraction of sp³-hybridized carbons (Fsp3) is 0.227. The molecule has 158 valence electrons. The molecule has 5 rings (SSSR count). The molecule has 1 aliphatic rings. The number of carbonyl (C=O) groups is 1. The molecule has 3 aromatic heterocycles. The summed E-state index contributed by atoms with van der Waals surface area (Å²) in [5.41, 5.74) is 3.35. The van der Waals surface area contributed by atoms with Crippen molar-refractivity contribution in [2.75, 3.05) is 6.54 Å². The van der Waals surface area contributed by atoms with Crippen LogP contribution in [0, 0.1) is 18.6 Å². The largest absolute Gasteiger partial charge is 0.355 e. The maximum Gasteiger partial charge on any atom is 0.276 e. The van der Waals surface area contributed by atoms with E-state index in [9.17, 15) is 13.6 Å². The molecule has 9 heteroatoms. The molecule has 31 heavy (non-hydrogen) atoms. The summed E-state index contributed by atoms with van der Waals surface area (Å²) >= 11 is 1.68. The van der Waals surface area contributed by atoms with Gasteiger partial charge in [-0.15, -0.1) is 11.3 Å². The van der Waals surface area contributed by atoms with Gasteiger partial charge in [-0.2, -0.15) is 5.10 Å². The monoisotopic (exact) mass is 440 g/mol. The van der Waals surface area contributed by atoms with Gasteiger partial charge in [-0.3, -0.25) is 9.48 Å². The van der Waals surface area contributed by atoms with Crippen LogP contribution in [0.1, 0.15) is 38.1 Å². The molecule has 1 amide bonds. The quantitative estimate of drug-likeness (QED) is 0.470. The van der Waals surface area contributed by atoms with Crippen LogP contribution >= 0.6 is 11.3 Å². The molecule has 4 aromatic rings. The summed E-state index contributed by atoms with van der Waals surface area (Å²) < 4.78 is 34.3. The third-order valence-electron chi connectivity index (χ3n) is 5.72. The van der Waals surface area contributed by atoms with Crippen molar-refractivity contribution in [1.82, 2.24) is 19.8 Å². The molecule has 0 saturated carbocycles. The van der Waals surface area contributed by atoms with E-state index >= 15 is 0 Å². The van der Waals surface area contributed by atoms with E-state index in [-0.39, 0.29) is 28.8 Å².